The van der Waals surface area contributed by atoms with Crippen molar-refractivity contribution >= 4 is 5.91 Å². The number of aryl methyl sites for hydroxylation is 2. The van der Waals surface area contributed by atoms with Gasteiger partial charge in [-0.25, -0.2) is 4.98 Å². The van der Waals surface area contributed by atoms with E-state index in [1.807, 2.05) is 0 Å². The Bertz CT molecular complexity index is 602. The van der Waals surface area contributed by atoms with E-state index in [0.29, 0.717) is 13.0 Å². The minimum absolute atomic E-state index is 0.136. The molecule has 0 aliphatic heterocycles. The first-order valence-corrected chi connectivity index (χ1v) is 5.85. The number of halogens is 3. The van der Waals surface area contributed by atoms with E-state index in [-0.39, 0.29) is 5.82 Å². The molecule has 4 nitrogen and oxygen atoms in total. The van der Waals surface area contributed by atoms with Gasteiger partial charge in [-0.15, -0.1) is 0 Å². The van der Waals surface area contributed by atoms with Crippen molar-refractivity contribution in [2.24, 2.45) is 5.73 Å². The molecular formula is C13H12F3N3O. The Hall–Kier alpha value is -2.31. The number of hydrogen-bond donors (Lipinski definition) is 1. The molecule has 0 spiro atoms. The molecule has 1 aromatic heterocycles. The average Bonchev–Trinajstić information content (AvgIpc) is 2.84. The SMILES string of the molecule is NC(=O)c1nccn1CCc1ccc(C(F)(F)F)cc1. The van der Waals surface area contributed by atoms with Gasteiger partial charge >= 0.3 is 6.18 Å². The summed E-state index contributed by atoms with van der Waals surface area (Å²) in [4.78, 5) is 14.9. The highest BCUT2D eigenvalue weighted by atomic mass is 19.4. The molecule has 0 aliphatic carbocycles. The van der Waals surface area contributed by atoms with Crippen LogP contribution in [0.4, 0.5) is 13.2 Å². The Balaban J connectivity index is 2.04. The predicted octanol–water partition coefficient (Wildman–Crippen LogP) is 2.24. The summed E-state index contributed by atoms with van der Waals surface area (Å²) in [5.41, 5.74) is 5.21. The van der Waals surface area contributed by atoms with Crippen molar-refractivity contribution in [1.29, 1.82) is 0 Å². The largest absolute Gasteiger partial charge is 0.416 e. The number of imidazole rings is 1. The van der Waals surface area contributed by atoms with E-state index in [9.17, 15) is 18.0 Å². The first-order valence-electron chi connectivity index (χ1n) is 5.85. The van der Waals surface area contributed by atoms with Crippen molar-refractivity contribution in [2.75, 3.05) is 0 Å². The number of nitrogens with two attached hydrogens (primary N) is 1. The smallest absolute Gasteiger partial charge is 0.363 e. The summed E-state index contributed by atoms with van der Waals surface area (Å²) in [5, 5.41) is 0. The number of alkyl halides is 3. The van der Waals surface area contributed by atoms with Crippen LogP contribution in [0.15, 0.2) is 36.7 Å². The molecule has 2 N–H and O–H groups in total. The highest BCUT2D eigenvalue weighted by molar-refractivity contribution is 5.89. The van der Waals surface area contributed by atoms with E-state index < -0.39 is 17.6 Å². The van der Waals surface area contributed by atoms with E-state index in [1.165, 1.54) is 18.3 Å². The number of benzene rings is 1. The van der Waals surface area contributed by atoms with E-state index in [0.717, 1.165) is 17.7 Å². The Morgan fingerprint density at radius 1 is 1.25 bits per heavy atom. The molecule has 2 rings (SSSR count). The second kappa shape index (κ2) is 5.36. The average molecular weight is 283 g/mol. The fourth-order valence-electron chi connectivity index (χ4n) is 1.82. The number of primary amides is 1. The molecular weight excluding hydrogens is 271 g/mol. The number of carbonyl (C=O) groups excluding carboxylic acids is 1. The Morgan fingerprint density at radius 3 is 2.45 bits per heavy atom. The molecule has 0 aliphatic rings. The van der Waals surface area contributed by atoms with Crippen LogP contribution in [0, 0.1) is 0 Å². The van der Waals surface area contributed by atoms with E-state index in [4.69, 9.17) is 5.73 Å². The van der Waals surface area contributed by atoms with Gasteiger partial charge < -0.3 is 10.3 Å². The van der Waals surface area contributed by atoms with Gasteiger partial charge in [-0.1, -0.05) is 12.1 Å². The van der Waals surface area contributed by atoms with E-state index >= 15 is 0 Å². The third-order valence-corrected chi connectivity index (χ3v) is 2.86. The van der Waals surface area contributed by atoms with Crippen LogP contribution in [0.5, 0.6) is 0 Å². The fourth-order valence-corrected chi connectivity index (χ4v) is 1.82. The monoisotopic (exact) mass is 283 g/mol. The summed E-state index contributed by atoms with van der Waals surface area (Å²) in [7, 11) is 0. The second-order valence-corrected chi connectivity index (χ2v) is 4.25. The highest BCUT2D eigenvalue weighted by Gasteiger charge is 2.29. The minimum Gasteiger partial charge on any atom is -0.363 e. The molecule has 0 bridgehead atoms. The molecule has 0 saturated carbocycles. The molecule has 20 heavy (non-hydrogen) atoms. The van der Waals surface area contributed by atoms with Crippen molar-refractivity contribution in [2.45, 2.75) is 19.1 Å². The number of aromatic nitrogens is 2. The van der Waals surface area contributed by atoms with Crippen molar-refractivity contribution < 1.29 is 18.0 Å². The van der Waals surface area contributed by atoms with Crippen LogP contribution in [-0.4, -0.2) is 15.5 Å². The Labute approximate surface area is 113 Å². The highest BCUT2D eigenvalue weighted by Crippen LogP contribution is 2.29. The lowest BCUT2D eigenvalue weighted by Crippen LogP contribution is -2.18. The zero-order chi connectivity index (χ0) is 14.8. The molecule has 2 aromatic rings. The molecule has 0 atom stereocenters. The number of nitrogens with zero attached hydrogens (tertiary/aromatic N) is 2. The van der Waals surface area contributed by atoms with E-state index in [2.05, 4.69) is 4.98 Å². The zero-order valence-corrected chi connectivity index (χ0v) is 10.4. The molecule has 0 radical (unpaired) electrons. The van der Waals surface area contributed by atoms with Gasteiger partial charge in [0.15, 0.2) is 5.82 Å². The van der Waals surface area contributed by atoms with Gasteiger partial charge in [0.25, 0.3) is 5.91 Å². The number of amides is 1. The summed E-state index contributed by atoms with van der Waals surface area (Å²) >= 11 is 0. The van der Waals surface area contributed by atoms with Crippen LogP contribution < -0.4 is 5.73 Å². The van der Waals surface area contributed by atoms with Crippen LogP contribution in [0.2, 0.25) is 0 Å². The summed E-state index contributed by atoms with van der Waals surface area (Å²) in [6.45, 7) is 0.420. The fraction of sp³-hybridized carbons (Fsp3) is 0.231. The molecule has 0 saturated heterocycles. The molecule has 1 aromatic carbocycles. The van der Waals surface area contributed by atoms with Gasteiger partial charge in [-0.05, 0) is 24.1 Å². The van der Waals surface area contributed by atoms with Crippen LogP contribution in [0.1, 0.15) is 21.7 Å². The van der Waals surface area contributed by atoms with Gasteiger partial charge in [0.1, 0.15) is 0 Å². The second-order valence-electron chi connectivity index (χ2n) is 4.25. The lowest BCUT2D eigenvalue weighted by atomic mass is 10.1. The Kier molecular flexibility index (Phi) is 3.78. The van der Waals surface area contributed by atoms with Crippen molar-refractivity contribution in [1.82, 2.24) is 9.55 Å². The first-order chi connectivity index (χ1) is 9.38. The maximum Gasteiger partial charge on any atom is 0.416 e. The number of carbonyl (C=O) groups is 1. The standard InChI is InChI=1S/C13H12F3N3O/c14-13(15,16)10-3-1-9(2-4-10)5-7-19-8-6-18-12(19)11(17)20/h1-4,6,8H,5,7H2,(H2,17,20). The van der Waals surface area contributed by atoms with Gasteiger partial charge in [-0.3, -0.25) is 4.79 Å². The lowest BCUT2D eigenvalue weighted by molar-refractivity contribution is -0.137. The molecule has 0 unspecified atom stereocenters. The molecule has 0 fully saturated rings. The topological polar surface area (TPSA) is 60.9 Å². The van der Waals surface area contributed by atoms with Gasteiger partial charge in [-0.2, -0.15) is 13.2 Å². The molecule has 1 amide bonds. The molecule has 7 heteroatoms. The number of hydrogen-bond acceptors (Lipinski definition) is 2. The first kappa shape index (κ1) is 14.1. The summed E-state index contributed by atoms with van der Waals surface area (Å²) in [6, 6.07) is 4.92. The summed E-state index contributed by atoms with van der Waals surface area (Å²) in [6.07, 6.45) is -0.798. The van der Waals surface area contributed by atoms with Gasteiger partial charge in [0.2, 0.25) is 0 Å². The molecule has 106 valence electrons. The third kappa shape index (κ3) is 3.17. The molecule has 1 heterocycles. The predicted molar refractivity (Wildman–Crippen MR) is 65.9 cm³/mol. The van der Waals surface area contributed by atoms with Crippen LogP contribution in [0.25, 0.3) is 0 Å². The van der Waals surface area contributed by atoms with E-state index in [1.54, 1.807) is 10.8 Å². The van der Waals surface area contributed by atoms with Crippen LogP contribution in [0.3, 0.4) is 0 Å². The summed E-state index contributed by atoms with van der Waals surface area (Å²) in [5.74, 6) is -0.501. The lowest BCUT2D eigenvalue weighted by Gasteiger charge is -2.08. The van der Waals surface area contributed by atoms with Crippen LogP contribution >= 0.6 is 0 Å². The summed E-state index contributed by atoms with van der Waals surface area (Å²) < 4.78 is 38.8. The van der Waals surface area contributed by atoms with Crippen LogP contribution in [-0.2, 0) is 19.1 Å². The van der Waals surface area contributed by atoms with Crippen molar-refractivity contribution in [3.63, 3.8) is 0 Å². The quantitative estimate of drug-likeness (QED) is 0.935. The normalized spacial score (nSPS) is 11.6. The Morgan fingerprint density at radius 2 is 1.90 bits per heavy atom. The zero-order valence-electron chi connectivity index (χ0n) is 10.4. The van der Waals surface area contributed by atoms with Crippen molar-refractivity contribution in [3.8, 4) is 0 Å². The maximum atomic E-state index is 12.4. The van der Waals surface area contributed by atoms with Gasteiger partial charge in [0.05, 0.1) is 5.56 Å². The van der Waals surface area contributed by atoms with Crippen molar-refractivity contribution in [3.05, 3.63) is 53.6 Å². The third-order valence-electron chi connectivity index (χ3n) is 2.86. The maximum absolute atomic E-state index is 12.4. The van der Waals surface area contributed by atoms with Gasteiger partial charge in [0, 0.05) is 18.9 Å². The minimum atomic E-state index is -4.33. The number of rotatable bonds is 4.